The summed E-state index contributed by atoms with van der Waals surface area (Å²) < 4.78 is 27.0. The molecule has 0 saturated heterocycles. The van der Waals surface area contributed by atoms with Gasteiger partial charge < -0.3 is 5.11 Å². The summed E-state index contributed by atoms with van der Waals surface area (Å²) in [6.07, 6.45) is 5.88. The highest BCUT2D eigenvalue weighted by molar-refractivity contribution is 7.89. The Balaban J connectivity index is 1.66. The second-order valence-corrected chi connectivity index (χ2v) is 7.59. The van der Waals surface area contributed by atoms with Crippen molar-refractivity contribution >= 4 is 16.0 Å². The van der Waals surface area contributed by atoms with Crippen molar-refractivity contribution in [2.45, 2.75) is 30.7 Å². The Hall–Kier alpha value is -1.47. The van der Waals surface area contributed by atoms with Crippen molar-refractivity contribution in [2.24, 2.45) is 17.8 Å². The summed E-state index contributed by atoms with van der Waals surface area (Å²) in [4.78, 5) is 14.5. The minimum atomic E-state index is -3.66. The molecule has 114 valence electrons. The van der Waals surface area contributed by atoms with Gasteiger partial charge in [0.1, 0.15) is 0 Å². The van der Waals surface area contributed by atoms with Crippen LogP contribution >= 0.6 is 0 Å². The molecule has 0 aliphatic heterocycles. The normalized spacial score (nSPS) is 18.9. The van der Waals surface area contributed by atoms with E-state index >= 15 is 0 Å². The fraction of sp³-hybridized carbons (Fsp3) is 0.571. The van der Waals surface area contributed by atoms with E-state index in [-0.39, 0.29) is 10.6 Å². The van der Waals surface area contributed by atoms with Gasteiger partial charge in [-0.05, 0) is 55.6 Å². The molecule has 0 unspecified atom stereocenters. The molecule has 6 nitrogen and oxygen atoms in total. The molecule has 2 N–H and O–H groups in total. The van der Waals surface area contributed by atoms with E-state index in [1.54, 1.807) is 0 Å². The molecule has 2 aliphatic rings. The Bertz CT molecular complexity index is 621. The second-order valence-electron chi connectivity index (χ2n) is 5.88. The second kappa shape index (κ2) is 5.38. The van der Waals surface area contributed by atoms with Crippen LogP contribution < -0.4 is 4.72 Å². The van der Waals surface area contributed by atoms with Crippen molar-refractivity contribution in [3.63, 3.8) is 0 Å². The van der Waals surface area contributed by atoms with E-state index in [1.807, 2.05) is 0 Å². The average molecular weight is 310 g/mol. The maximum Gasteiger partial charge on any atom is 0.337 e. The summed E-state index contributed by atoms with van der Waals surface area (Å²) in [6.45, 7) is 0.458. The number of sulfonamides is 1. The van der Waals surface area contributed by atoms with Crippen molar-refractivity contribution in [1.29, 1.82) is 0 Å². The van der Waals surface area contributed by atoms with E-state index in [2.05, 4.69) is 9.71 Å². The molecule has 1 heterocycles. The number of carbonyl (C=O) groups is 1. The molecule has 1 aromatic rings. The molecular formula is C14H18N2O4S. The third-order valence-electron chi connectivity index (χ3n) is 4.22. The lowest BCUT2D eigenvalue weighted by Crippen LogP contribution is -2.31. The van der Waals surface area contributed by atoms with Gasteiger partial charge in [-0.3, -0.25) is 0 Å². The topological polar surface area (TPSA) is 96.4 Å². The van der Waals surface area contributed by atoms with Gasteiger partial charge >= 0.3 is 5.97 Å². The first kappa shape index (κ1) is 14.5. The summed E-state index contributed by atoms with van der Waals surface area (Å²) in [6, 6.07) is 2.48. The average Bonchev–Trinajstić information content (AvgIpc) is 3.32. The van der Waals surface area contributed by atoms with Crippen LogP contribution in [-0.4, -0.2) is 31.0 Å². The molecule has 21 heavy (non-hydrogen) atoms. The number of nitrogens with one attached hydrogen (secondary N) is 1. The van der Waals surface area contributed by atoms with Gasteiger partial charge in [-0.15, -0.1) is 0 Å². The van der Waals surface area contributed by atoms with Crippen LogP contribution in [0.3, 0.4) is 0 Å². The van der Waals surface area contributed by atoms with Crippen LogP contribution in [-0.2, 0) is 10.0 Å². The SMILES string of the molecule is O=C(O)c1ccc(S(=O)(=O)NCC(C2CC2)C2CC2)nc1. The third kappa shape index (κ3) is 3.41. The number of carboxylic acids is 1. The van der Waals surface area contributed by atoms with Crippen LogP contribution in [0.1, 0.15) is 36.0 Å². The van der Waals surface area contributed by atoms with Gasteiger partial charge in [-0.25, -0.2) is 22.9 Å². The number of hydrogen-bond acceptors (Lipinski definition) is 4. The Morgan fingerprint density at radius 1 is 1.29 bits per heavy atom. The highest BCUT2D eigenvalue weighted by Crippen LogP contribution is 2.48. The number of hydrogen-bond donors (Lipinski definition) is 2. The highest BCUT2D eigenvalue weighted by atomic mass is 32.2. The minimum Gasteiger partial charge on any atom is -0.478 e. The van der Waals surface area contributed by atoms with Crippen molar-refractivity contribution < 1.29 is 18.3 Å². The van der Waals surface area contributed by atoms with E-state index in [9.17, 15) is 13.2 Å². The lowest BCUT2D eigenvalue weighted by molar-refractivity contribution is 0.0696. The summed E-state index contributed by atoms with van der Waals surface area (Å²) in [5, 5.41) is 8.66. The fourth-order valence-corrected chi connectivity index (χ4v) is 3.71. The summed E-state index contributed by atoms with van der Waals surface area (Å²) in [5.41, 5.74) is -0.0252. The van der Waals surface area contributed by atoms with Crippen LogP contribution in [0.5, 0.6) is 0 Å². The van der Waals surface area contributed by atoms with Crippen molar-refractivity contribution in [1.82, 2.24) is 9.71 Å². The Morgan fingerprint density at radius 3 is 2.33 bits per heavy atom. The summed E-state index contributed by atoms with van der Waals surface area (Å²) in [5.74, 6) is 0.657. The van der Waals surface area contributed by atoms with Crippen LogP contribution in [0.2, 0.25) is 0 Å². The number of pyridine rings is 1. The lowest BCUT2D eigenvalue weighted by atomic mass is 9.99. The summed E-state index contributed by atoms with van der Waals surface area (Å²) in [7, 11) is -3.66. The number of aromatic carboxylic acids is 1. The molecule has 0 spiro atoms. The molecule has 0 atom stereocenters. The molecule has 3 rings (SSSR count). The lowest BCUT2D eigenvalue weighted by Gasteiger charge is -2.16. The van der Waals surface area contributed by atoms with Gasteiger partial charge in [0.15, 0.2) is 5.03 Å². The number of carboxylic acid groups (broad SMARTS) is 1. The first-order valence-electron chi connectivity index (χ1n) is 7.16. The Labute approximate surface area is 123 Å². The number of nitrogens with zero attached hydrogens (tertiary/aromatic N) is 1. The molecule has 2 aliphatic carbocycles. The van der Waals surface area contributed by atoms with Gasteiger partial charge in [0.2, 0.25) is 0 Å². The van der Waals surface area contributed by atoms with E-state index in [0.29, 0.717) is 24.3 Å². The summed E-state index contributed by atoms with van der Waals surface area (Å²) >= 11 is 0. The number of aromatic nitrogens is 1. The zero-order chi connectivity index (χ0) is 15.0. The zero-order valence-corrected chi connectivity index (χ0v) is 12.3. The van der Waals surface area contributed by atoms with Crippen LogP contribution in [0.4, 0.5) is 0 Å². The van der Waals surface area contributed by atoms with Crippen molar-refractivity contribution in [3.05, 3.63) is 23.9 Å². The van der Waals surface area contributed by atoms with Crippen LogP contribution in [0.15, 0.2) is 23.4 Å². The predicted octanol–water partition coefficient (Wildman–Crippen LogP) is 1.49. The van der Waals surface area contributed by atoms with Crippen LogP contribution in [0.25, 0.3) is 0 Å². The van der Waals surface area contributed by atoms with E-state index in [4.69, 9.17) is 5.11 Å². The molecule has 0 bridgehead atoms. The molecule has 0 aromatic carbocycles. The molecule has 0 radical (unpaired) electrons. The van der Waals surface area contributed by atoms with E-state index in [1.165, 1.54) is 37.8 Å². The van der Waals surface area contributed by atoms with Crippen molar-refractivity contribution in [3.8, 4) is 0 Å². The van der Waals surface area contributed by atoms with Crippen molar-refractivity contribution in [2.75, 3.05) is 6.54 Å². The zero-order valence-electron chi connectivity index (χ0n) is 11.5. The van der Waals surface area contributed by atoms with Gasteiger partial charge in [0, 0.05) is 12.7 Å². The van der Waals surface area contributed by atoms with Gasteiger partial charge in [0.25, 0.3) is 10.0 Å². The fourth-order valence-electron chi connectivity index (χ4n) is 2.71. The van der Waals surface area contributed by atoms with E-state index < -0.39 is 16.0 Å². The van der Waals surface area contributed by atoms with Gasteiger partial charge in [0.05, 0.1) is 5.56 Å². The maximum atomic E-state index is 12.2. The number of rotatable bonds is 7. The van der Waals surface area contributed by atoms with Gasteiger partial charge in [-0.1, -0.05) is 0 Å². The molecule has 2 fully saturated rings. The molecule has 2 saturated carbocycles. The predicted molar refractivity (Wildman–Crippen MR) is 75.3 cm³/mol. The smallest absolute Gasteiger partial charge is 0.337 e. The molecule has 7 heteroatoms. The first-order chi connectivity index (χ1) is 9.97. The quantitative estimate of drug-likeness (QED) is 0.795. The maximum absolute atomic E-state index is 12.2. The minimum absolute atomic E-state index is 0.0252. The Kier molecular flexibility index (Phi) is 3.71. The monoisotopic (exact) mass is 310 g/mol. The molecule has 0 amide bonds. The van der Waals surface area contributed by atoms with E-state index in [0.717, 1.165) is 6.20 Å². The first-order valence-corrected chi connectivity index (χ1v) is 8.65. The standard InChI is InChI=1S/C14H18N2O4S/c17-14(18)11-5-6-13(15-7-11)21(19,20)16-8-12(9-1-2-9)10-3-4-10/h5-7,9-10,12,16H,1-4,8H2,(H,17,18). The highest BCUT2D eigenvalue weighted by Gasteiger charge is 2.41. The Morgan fingerprint density at radius 2 is 1.90 bits per heavy atom. The molecule has 1 aromatic heterocycles. The van der Waals surface area contributed by atoms with Crippen LogP contribution in [0, 0.1) is 17.8 Å². The largest absolute Gasteiger partial charge is 0.478 e. The van der Waals surface area contributed by atoms with Gasteiger partial charge in [-0.2, -0.15) is 0 Å². The third-order valence-corrected chi connectivity index (χ3v) is 5.56. The molecular weight excluding hydrogens is 292 g/mol.